The molecule has 0 spiro atoms. The SMILES string of the molecule is CC/C(=C\c1ccnc(C(F)(F)F)c1)C(=O)O. The van der Waals surface area contributed by atoms with E-state index in [1.54, 1.807) is 6.92 Å². The van der Waals surface area contributed by atoms with E-state index in [4.69, 9.17) is 5.11 Å². The maximum Gasteiger partial charge on any atom is 0.433 e. The first-order valence-corrected chi connectivity index (χ1v) is 4.81. The van der Waals surface area contributed by atoms with E-state index in [9.17, 15) is 18.0 Å². The van der Waals surface area contributed by atoms with Crippen LogP contribution in [0.5, 0.6) is 0 Å². The molecule has 0 saturated heterocycles. The standard InChI is InChI=1S/C11H10F3NO2/c1-2-8(10(16)17)5-7-3-4-15-9(6-7)11(12,13)14/h3-6H,2H2,1H3,(H,16,17)/b8-5+. The smallest absolute Gasteiger partial charge is 0.433 e. The number of nitrogens with zero attached hydrogens (tertiary/aromatic N) is 1. The van der Waals surface area contributed by atoms with E-state index in [1.165, 1.54) is 12.1 Å². The number of hydrogen-bond donors (Lipinski definition) is 1. The fourth-order valence-corrected chi connectivity index (χ4v) is 1.21. The zero-order chi connectivity index (χ0) is 13.1. The van der Waals surface area contributed by atoms with Gasteiger partial charge in [0.05, 0.1) is 0 Å². The fourth-order valence-electron chi connectivity index (χ4n) is 1.21. The van der Waals surface area contributed by atoms with Crippen molar-refractivity contribution >= 4 is 12.0 Å². The maximum atomic E-state index is 12.3. The number of rotatable bonds is 3. The first kappa shape index (κ1) is 13.2. The van der Waals surface area contributed by atoms with Crippen LogP contribution in [0.25, 0.3) is 6.08 Å². The third-order valence-electron chi connectivity index (χ3n) is 2.07. The molecule has 0 atom stereocenters. The van der Waals surface area contributed by atoms with Gasteiger partial charge in [-0.25, -0.2) is 4.79 Å². The Morgan fingerprint density at radius 1 is 1.53 bits per heavy atom. The van der Waals surface area contributed by atoms with Crippen LogP contribution in [0.2, 0.25) is 0 Å². The Hall–Kier alpha value is -1.85. The van der Waals surface area contributed by atoms with Gasteiger partial charge >= 0.3 is 12.1 Å². The molecule has 6 heteroatoms. The first-order chi connectivity index (χ1) is 7.84. The largest absolute Gasteiger partial charge is 0.478 e. The van der Waals surface area contributed by atoms with Crippen LogP contribution in [0.1, 0.15) is 24.6 Å². The minimum absolute atomic E-state index is 0.0457. The van der Waals surface area contributed by atoms with E-state index in [0.717, 1.165) is 12.3 Å². The van der Waals surface area contributed by atoms with Crippen LogP contribution in [0.3, 0.4) is 0 Å². The summed E-state index contributed by atoms with van der Waals surface area (Å²) in [5.74, 6) is -1.14. The van der Waals surface area contributed by atoms with Crippen molar-refractivity contribution < 1.29 is 23.1 Å². The number of alkyl halides is 3. The van der Waals surface area contributed by atoms with Crippen molar-refractivity contribution in [2.45, 2.75) is 19.5 Å². The normalized spacial score (nSPS) is 12.6. The maximum absolute atomic E-state index is 12.3. The van der Waals surface area contributed by atoms with E-state index >= 15 is 0 Å². The Bertz CT molecular complexity index is 452. The molecule has 3 nitrogen and oxygen atoms in total. The van der Waals surface area contributed by atoms with Gasteiger partial charge in [-0.15, -0.1) is 0 Å². The Labute approximate surface area is 95.6 Å². The van der Waals surface area contributed by atoms with Gasteiger partial charge < -0.3 is 5.11 Å². The van der Waals surface area contributed by atoms with E-state index in [1.807, 2.05) is 0 Å². The molecule has 0 aliphatic heterocycles. The lowest BCUT2D eigenvalue weighted by Gasteiger charge is -2.06. The number of aliphatic carboxylic acids is 1. The second-order valence-corrected chi connectivity index (χ2v) is 3.30. The molecule has 0 aliphatic carbocycles. The van der Waals surface area contributed by atoms with Crippen molar-refractivity contribution in [1.82, 2.24) is 4.98 Å². The molecular formula is C11H10F3NO2. The summed E-state index contributed by atoms with van der Waals surface area (Å²) in [4.78, 5) is 13.9. The molecule has 17 heavy (non-hydrogen) atoms. The highest BCUT2D eigenvalue weighted by Crippen LogP contribution is 2.28. The highest BCUT2D eigenvalue weighted by Gasteiger charge is 2.32. The molecule has 1 heterocycles. The van der Waals surface area contributed by atoms with Crippen LogP contribution in [-0.2, 0) is 11.0 Å². The number of pyridine rings is 1. The second-order valence-electron chi connectivity index (χ2n) is 3.30. The Morgan fingerprint density at radius 3 is 2.65 bits per heavy atom. The highest BCUT2D eigenvalue weighted by molar-refractivity contribution is 5.92. The summed E-state index contributed by atoms with van der Waals surface area (Å²) in [5.41, 5.74) is -0.817. The van der Waals surface area contributed by atoms with Crippen LogP contribution in [-0.4, -0.2) is 16.1 Å². The summed E-state index contributed by atoms with van der Waals surface area (Å²) in [6, 6.07) is 2.15. The predicted octanol–water partition coefficient (Wildman–Crippen LogP) is 2.98. The molecule has 92 valence electrons. The van der Waals surface area contributed by atoms with E-state index < -0.39 is 17.8 Å². The van der Waals surface area contributed by atoms with Crippen LogP contribution < -0.4 is 0 Å². The molecule has 1 aromatic rings. The first-order valence-electron chi connectivity index (χ1n) is 4.81. The molecule has 0 fully saturated rings. The quantitative estimate of drug-likeness (QED) is 0.833. The summed E-state index contributed by atoms with van der Waals surface area (Å²) >= 11 is 0. The molecule has 0 unspecified atom stereocenters. The summed E-state index contributed by atoms with van der Waals surface area (Å²) in [6.07, 6.45) is -2.08. The van der Waals surface area contributed by atoms with Crippen LogP contribution >= 0.6 is 0 Å². The van der Waals surface area contributed by atoms with Gasteiger partial charge in [-0.2, -0.15) is 13.2 Å². The predicted molar refractivity (Wildman–Crippen MR) is 55.1 cm³/mol. The average molecular weight is 245 g/mol. The molecular weight excluding hydrogens is 235 g/mol. The molecule has 0 aromatic carbocycles. The molecule has 1 N–H and O–H groups in total. The zero-order valence-electron chi connectivity index (χ0n) is 8.95. The summed E-state index contributed by atoms with van der Waals surface area (Å²) in [7, 11) is 0. The lowest BCUT2D eigenvalue weighted by atomic mass is 10.1. The molecule has 0 aliphatic rings. The number of halogens is 3. The third kappa shape index (κ3) is 3.58. The number of aromatic nitrogens is 1. The van der Waals surface area contributed by atoms with Crippen LogP contribution in [0, 0.1) is 0 Å². The van der Waals surface area contributed by atoms with Crippen molar-refractivity contribution in [2.24, 2.45) is 0 Å². The van der Waals surface area contributed by atoms with Gasteiger partial charge in [0, 0.05) is 11.8 Å². The van der Waals surface area contributed by atoms with Crippen LogP contribution in [0.4, 0.5) is 13.2 Å². The van der Waals surface area contributed by atoms with Crippen molar-refractivity contribution in [3.05, 3.63) is 35.2 Å². The van der Waals surface area contributed by atoms with Gasteiger partial charge in [0.2, 0.25) is 0 Å². The number of hydrogen-bond acceptors (Lipinski definition) is 2. The molecule has 0 saturated carbocycles. The van der Waals surface area contributed by atoms with Gasteiger partial charge in [-0.05, 0) is 30.2 Å². The fraction of sp³-hybridized carbons (Fsp3) is 0.273. The third-order valence-corrected chi connectivity index (χ3v) is 2.07. The van der Waals surface area contributed by atoms with Crippen molar-refractivity contribution in [1.29, 1.82) is 0 Å². The van der Waals surface area contributed by atoms with E-state index in [0.29, 0.717) is 0 Å². The van der Waals surface area contributed by atoms with Gasteiger partial charge in [-0.3, -0.25) is 4.98 Å². The molecule has 0 amide bonds. The molecule has 0 bridgehead atoms. The lowest BCUT2D eigenvalue weighted by Crippen LogP contribution is -2.07. The number of carboxylic acids is 1. The van der Waals surface area contributed by atoms with Crippen molar-refractivity contribution in [3.8, 4) is 0 Å². The lowest BCUT2D eigenvalue weighted by molar-refractivity contribution is -0.141. The van der Waals surface area contributed by atoms with Gasteiger partial charge in [0.1, 0.15) is 5.69 Å². The van der Waals surface area contributed by atoms with Crippen LogP contribution in [0.15, 0.2) is 23.9 Å². The number of carboxylic acid groups (broad SMARTS) is 1. The Kier molecular flexibility index (Phi) is 3.88. The van der Waals surface area contributed by atoms with Gasteiger partial charge in [0.25, 0.3) is 0 Å². The monoisotopic (exact) mass is 245 g/mol. The summed E-state index contributed by atoms with van der Waals surface area (Å²) < 4.78 is 37.0. The number of carbonyl (C=O) groups is 1. The highest BCUT2D eigenvalue weighted by atomic mass is 19.4. The minimum Gasteiger partial charge on any atom is -0.478 e. The summed E-state index contributed by atoms with van der Waals surface area (Å²) in [6.45, 7) is 1.62. The Morgan fingerprint density at radius 2 is 2.18 bits per heavy atom. The molecule has 1 rings (SSSR count). The topological polar surface area (TPSA) is 50.2 Å². The minimum atomic E-state index is -4.53. The van der Waals surface area contributed by atoms with Gasteiger partial charge in [-0.1, -0.05) is 6.92 Å². The summed E-state index contributed by atoms with van der Waals surface area (Å²) in [5, 5.41) is 8.76. The van der Waals surface area contributed by atoms with Crippen molar-refractivity contribution in [3.63, 3.8) is 0 Å². The van der Waals surface area contributed by atoms with E-state index in [2.05, 4.69) is 4.98 Å². The zero-order valence-corrected chi connectivity index (χ0v) is 8.95. The van der Waals surface area contributed by atoms with E-state index in [-0.39, 0.29) is 17.6 Å². The molecule has 0 radical (unpaired) electrons. The second kappa shape index (κ2) is 4.99. The molecule has 1 aromatic heterocycles. The van der Waals surface area contributed by atoms with Gasteiger partial charge in [0.15, 0.2) is 0 Å². The average Bonchev–Trinajstić information content (AvgIpc) is 2.24. The van der Waals surface area contributed by atoms with Crippen molar-refractivity contribution in [2.75, 3.05) is 0 Å². The Balaban J connectivity index is 3.12.